The number of aliphatic hydroxyl groups excluding tert-OH is 1. The molecule has 0 rings (SSSR count). The third-order valence-corrected chi connectivity index (χ3v) is 1.30. The zero-order chi connectivity index (χ0) is 11.1. The van der Waals surface area contributed by atoms with E-state index in [9.17, 15) is 9.59 Å². The summed E-state index contributed by atoms with van der Waals surface area (Å²) in [5.41, 5.74) is 4.79. The molecule has 0 fully saturated rings. The van der Waals surface area contributed by atoms with E-state index >= 15 is 0 Å². The molecule has 0 aliphatic heterocycles. The van der Waals surface area contributed by atoms with Crippen molar-refractivity contribution in [2.45, 2.75) is 26.1 Å². The average Bonchev–Trinajstić information content (AvgIpc) is 2.02. The van der Waals surface area contributed by atoms with E-state index in [4.69, 9.17) is 15.6 Å². The van der Waals surface area contributed by atoms with Gasteiger partial charge in [0.25, 0.3) is 0 Å². The van der Waals surface area contributed by atoms with Crippen LogP contribution in [0, 0.1) is 0 Å². The number of amides is 1. The van der Waals surface area contributed by atoms with Crippen molar-refractivity contribution in [1.29, 1.82) is 0 Å². The van der Waals surface area contributed by atoms with Crippen molar-refractivity contribution in [1.82, 2.24) is 5.32 Å². The lowest BCUT2D eigenvalue weighted by molar-refractivity contribution is -0.146. The minimum absolute atomic E-state index is 0.0530. The van der Waals surface area contributed by atoms with Crippen LogP contribution < -0.4 is 11.1 Å². The number of aliphatic hydroxyl groups is 1. The molecule has 6 nitrogen and oxygen atoms in total. The van der Waals surface area contributed by atoms with Crippen LogP contribution in [0.4, 0.5) is 0 Å². The van der Waals surface area contributed by atoms with Gasteiger partial charge in [0.1, 0.15) is 6.10 Å². The second-order valence-electron chi connectivity index (χ2n) is 3.09. The van der Waals surface area contributed by atoms with Crippen molar-refractivity contribution >= 4 is 11.9 Å². The molecule has 0 saturated heterocycles. The first-order valence-electron chi connectivity index (χ1n) is 4.31. The van der Waals surface area contributed by atoms with Crippen molar-refractivity contribution in [2.24, 2.45) is 5.73 Å². The lowest BCUT2D eigenvalue weighted by atomic mass is 10.3. The van der Waals surface area contributed by atoms with Gasteiger partial charge in [-0.05, 0) is 13.8 Å². The average molecular weight is 204 g/mol. The molecule has 1 amide bonds. The van der Waals surface area contributed by atoms with Crippen molar-refractivity contribution in [2.75, 3.05) is 13.1 Å². The molecular formula is C8H16N2O4. The van der Waals surface area contributed by atoms with Gasteiger partial charge in [-0.3, -0.25) is 9.59 Å². The van der Waals surface area contributed by atoms with Crippen LogP contribution in [0.2, 0.25) is 0 Å². The van der Waals surface area contributed by atoms with Crippen LogP contribution in [0.3, 0.4) is 0 Å². The van der Waals surface area contributed by atoms with E-state index < -0.39 is 18.0 Å². The van der Waals surface area contributed by atoms with Crippen molar-refractivity contribution in [3.8, 4) is 0 Å². The minimum atomic E-state index is -1.28. The third kappa shape index (κ3) is 6.38. The van der Waals surface area contributed by atoms with Gasteiger partial charge in [0.15, 0.2) is 0 Å². The topological polar surface area (TPSA) is 102 Å². The summed E-state index contributed by atoms with van der Waals surface area (Å²) in [5.74, 6) is -1.26. The molecule has 0 aliphatic rings. The van der Waals surface area contributed by atoms with Gasteiger partial charge in [-0.15, -0.1) is 0 Å². The van der Waals surface area contributed by atoms with E-state index in [0.717, 1.165) is 0 Å². The van der Waals surface area contributed by atoms with Crippen LogP contribution in [0.1, 0.15) is 13.8 Å². The summed E-state index contributed by atoms with van der Waals surface area (Å²) in [6, 6.07) is 0. The van der Waals surface area contributed by atoms with E-state index in [2.05, 4.69) is 5.32 Å². The molecule has 0 heterocycles. The van der Waals surface area contributed by atoms with E-state index in [1.807, 2.05) is 0 Å². The number of carbonyl (C=O) groups is 2. The molecule has 6 heteroatoms. The Bertz CT molecular complexity index is 206. The van der Waals surface area contributed by atoms with E-state index in [1.165, 1.54) is 0 Å². The molecule has 4 N–H and O–H groups in total. The van der Waals surface area contributed by atoms with E-state index in [1.54, 1.807) is 13.8 Å². The lowest BCUT2D eigenvalue weighted by Gasteiger charge is -2.10. The monoisotopic (exact) mass is 204 g/mol. The quantitative estimate of drug-likeness (QED) is 0.451. The Kier molecular flexibility index (Phi) is 5.82. The second-order valence-corrected chi connectivity index (χ2v) is 3.09. The van der Waals surface area contributed by atoms with Crippen LogP contribution in [-0.2, 0) is 14.3 Å². The number of carbonyl (C=O) groups excluding carboxylic acids is 2. The van der Waals surface area contributed by atoms with Gasteiger partial charge >= 0.3 is 5.97 Å². The van der Waals surface area contributed by atoms with Gasteiger partial charge < -0.3 is 20.9 Å². The number of primary amides is 1. The molecule has 82 valence electrons. The van der Waals surface area contributed by atoms with E-state index in [0.29, 0.717) is 0 Å². The summed E-state index contributed by atoms with van der Waals surface area (Å²) in [6.45, 7) is 3.36. The normalized spacial score (nSPS) is 12.6. The Morgan fingerprint density at radius 3 is 2.50 bits per heavy atom. The summed E-state index contributed by atoms with van der Waals surface area (Å²) in [7, 11) is 0. The van der Waals surface area contributed by atoms with Gasteiger partial charge in [0, 0.05) is 6.54 Å². The highest BCUT2D eigenvalue weighted by atomic mass is 16.5. The fraction of sp³-hybridized carbons (Fsp3) is 0.750. The first-order valence-corrected chi connectivity index (χ1v) is 4.31. The third-order valence-electron chi connectivity index (χ3n) is 1.30. The van der Waals surface area contributed by atoms with Gasteiger partial charge in [-0.1, -0.05) is 0 Å². The number of esters is 1. The smallest absolute Gasteiger partial charge is 0.320 e. The van der Waals surface area contributed by atoms with Crippen LogP contribution in [0.25, 0.3) is 0 Å². The van der Waals surface area contributed by atoms with Crippen molar-refractivity contribution in [3.05, 3.63) is 0 Å². The highest BCUT2D eigenvalue weighted by molar-refractivity contribution is 5.78. The SMILES string of the molecule is CC(C)OC(=O)CNCC(O)C(N)=O. The highest BCUT2D eigenvalue weighted by Crippen LogP contribution is 1.87. The van der Waals surface area contributed by atoms with Gasteiger partial charge in [0.2, 0.25) is 5.91 Å². The fourth-order valence-electron chi connectivity index (χ4n) is 0.716. The molecule has 1 atom stereocenters. The van der Waals surface area contributed by atoms with Crippen molar-refractivity contribution < 1.29 is 19.4 Å². The van der Waals surface area contributed by atoms with Crippen molar-refractivity contribution in [3.63, 3.8) is 0 Å². The van der Waals surface area contributed by atoms with E-state index in [-0.39, 0.29) is 19.2 Å². The Morgan fingerprint density at radius 2 is 2.07 bits per heavy atom. The molecule has 0 aromatic heterocycles. The summed E-state index contributed by atoms with van der Waals surface area (Å²) >= 11 is 0. The van der Waals surface area contributed by atoms with Gasteiger partial charge in [0.05, 0.1) is 12.6 Å². The first-order chi connectivity index (χ1) is 6.43. The largest absolute Gasteiger partial charge is 0.462 e. The highest BCUT2D eigenvalue weighted by Gasteiger charge is 2.11. The Morgan fingerprint density at radius 1 is 1.50 bits per heavy atom. The van der Waals surface area contributed by atoms with Crippen LogP contribution in [0.5, 0.6) is 0 Å². The van der Waals surface area contributed by atoms with Crippen LogP contribution >= 0.6 is 0 Å². The number of nitrogens with two attached hydrogens (primary N) is 1. The number of ether oxygens (including phenoxy) is 1. The second kappa shape index (κ2) is 6.33. The van der Waals surface area contributed by atoms with Crippen LogP contribution in [-0.4, -0.2) is 42.3 Å². The summed E-state index contributed by atoms with van der Waals surface area (Å²) in [5, 5.41) is 11.5. The van der Waals surface area contributed by atoms with Gasteiger partial charge in [-0.2, -0.15) is 0 Å². The molecule has 0 spiro atoms. The number of rotatable bonds is 6. The number of hydrogen-bond acceptors (Lipinski definition) is 5. The zero-order valence-corrected chi connectivity index (χ0v) is 8.32. The molecule has 0 aromatic rings. The molecule has 14 heavy (non-hydrogen) atoms. The molecular weight excluding hydrogens is 188 g/mol. The Labute approximate surface area is 82.4 Å². The minimum Gasteiger partial charge on any atom is -0.462 e. The number of hydrogen-bond donors (Lipinski definition) is 3. The summed E-state index contributed by atoms with van der Waals surface area (Å²) < 4.78 is 4.79. The Hall–Kier alpha value is -1.14. The Balaban J connectivity index is 3.54. The van der Waals surface area contributed by atoms with Crippen LogP contribution in [0.15, 0.2) is 0 Å². The molecule has 1 unspecified atom stereocenters. The summed E-state index contributed by atoms with van der Waals surface area (Å²) in [4.78, 5) is 21.3. The molecule has 0 aliphatic carbocycles. The fourth-order valence-corrected chi connectivity index (χ4v) is 0.716. The summed E-state index contributed by atoms with van der Waals surface area (Å²) in [6.07, 6.45) is -1.45. The maximum Gasteiger partial charge on any atom is 0.320 e. The predicted molar refractivity (Wildman–Crippen MR) is 49.3 cm³/mol. The standard InChI is InChI=1S/C8H16N2O4/c1-5(2)14-7(12)4-10-3-6(11)8(9)13/h5-6,10-11H,3-4H2,1-2H3,(H2,9,13). The predicted octanol–water partition coefficient (Wildman–Crippen LogP) is -1.63. The molecule has 0 saturated carbocycles. The molecule has 0 bridgehead atoms. The lowest BCUT2D eigenvalue weighted by Crippen LogP contribution is -2.39. The van der Waals surface area contributed by atoms with Gasteiger partial charge in [-0.25, -0.2) is 0 Å². The maximum atomic E-state index is 10.9. The molecule has 0 aromatic carbocycles. The first kappa shape index (κ1) is 12.9. The maximum absolute atomic E-state index is 10.9. The number of nitrogens with one attached hydrogen (secondary N) is 1. The molecule has 0 radical (unpaired) electrons. The zero-order valence-electron chi connectivity index (χ0n) is 8.32.